The Morgan fingerprint density at radius 2 is 1.96 bits per heavy atom. The zero-order valence-electron chi connectivity index (χ0n) is 15.1. The van der Waals surface area contributed by atoms with Crippen LogP contribution in [0.15, 0.2) is 56.4 Å². The van der Waals surface area contributed by atoms with Gasteiger partial charge in [-0.3, -0.25) is 9.59 Å². The van der Waals surface area contributed by atoms with Gasteiger partial charge in [0.2, 0.25) is 11.7 Å². The van der Waals surface area contributed by atoms with Crippen molar-refractivity contribution in [1.82, 2.24) is 20.0 Å². The Bertz CT molecular complexity index is 1040. The molecule has 1 N–H and O–H groups in total. The number of benzene rings is 1. The summed E-state index contributed by atoms with van der Waals surface area (Å²) in [4.78, 5) is 29.4. The van der Waals surface area contributed by atoms with E-state index in [4.69, 9.17) is 4.52 Å². The molecule has 3 aromatic rings. The molecule has 1 aromatic carbocycles. The van der Waals surface area contributed by atoms with Gasteiger partial charge in [0.05, 0.1) is 0 Å². The minimum atomic E-state index is -0.338. The third-order valence-electron chi connectivity index (χ3n) is 4.81. The quantitative estimate of drug-likeness (QED) is 0.653. The maximum atomic E-state index is 12.8. The zero-order valence-corrected chi connectivity index (χ0v) is 16.7. The Kier molecular flexibility index (Phi) is 5.38. The van der Waals surface area contributed by atoms with Gasteiger partial charge >= 0.3 is 0 Å². The highest BCUT2D eigenvalue weighted by Gasteiger charge is 2.19. The number of halogens is 1. The van der Waals surface area contributed by atoms with Crippen LogP contribution in [0.4, 0.5) is 0 Å². The molecule has 7 nitrogen and oxygen atoms in total. The van der Waals surface area contributed by atoms with Crippen molar-refractivity contribution < 1.29 is 9.32 Å². The fourth-order valence-electron chi connectivity index (χ4n) is 3.37. The maximum absolute atomic E-state index is 12.8. The molecule has 4 rings (SSSR count). The number of nitrogens with zero attached hydrogens (tertiary/aromatic N) is 3. The molecule has 1 aliphatic carbocycles. The Hall–Kier alpha value is -2.74. The van der Waals surface area contributed by atoms with Crippen molar-refractivity contribution in [3.63, 3.8) is 0 Å². The minimum absolute atomic E-state index is 0.0309. The van der Waals surface area contributed by atoms with Gasteiger partial charge in [-0.25, -0.2) is 0 Å². The molecule has 1 amide bonds. The van der Waals surface area contributed by atoms with E-state index in [1.54, 1.807) is 18.3 Å². The van der Waals surface area contributed by atoms with Gasteiger partial charge in [0.25, 0.3) is 11.4 Å². The van der Waals surface area contributed by atoms with E-state index in [9.17, 15) is 9.59 Å². The molecule has 0 aliphatic heterocycles. The first kappa shape index (κ1) is 18.6. The molecular weight excluding hydrogens is 424 g/mol. The normalized spacial score (nSPS) is 14.3. The summed E-state index contributed by atoms with van der Waals surface area (Å²) < 4.78 is 7.61. The summed E-state index contributed by atoms with van der Waals surface area (Å²) in [5.41, 5.74) is 0.715. The largest absolute Gasteiger partial charge is 0.352 e. The lowest BCUT2D eigenvalue weighted by Crippen LogP contribution is -2.37. The van der Waals surface area contributed by atoms with Crippen LogP contribution in [0, 0.1) is 0 Å². The second kappa shape index (κ2) is 8.10. The van der Waals surface area contributed by atoms with Gasteiger partial charge in [-0.1, -0.05) is 33.9 Å². The van der Waals surface area contributed by atoms with Crippen molar-refractivity contribution in [3.05, 3.63) is 57.4 Å². The van der Waals surface area contributed by atoms with E-state index in [0.717, 1.165) is 35.7 Å². The van der Waals surface area contributed by atoms with Crippen LogP contribution in [0.2, 0.25) is 0 Å². The Balaban J connectivity index is 1.54. The number of nitrogens with one attached hydrogen (secondary N) is 1. The highest BCUT2D eigenvalue weighted by molar-refractivity contribution is 9.10. The van der Waals surface area contributed by atoms with Crippen molar-refractivity contribution in [2.24, 2.45) is 0 Å². The third kappa shape index (κ3) is 4.06. The van der Waals surface area contributed by atoms with Gasteiger partial charge in [0, 0.05) is 22.3 Å². The molecular formula is C20H19BrN4O3. The molecule has 144 valence electrons. The fourth-order valence-corrected chi connectivity index (χ4v) is 3.64. The van der Waals surface area contributed by atoms with Crippen LogP contribution >= 0.6 is 15.9 Å². The van der Waals surface area contributed by atoms with Crippen LogP contribution in [0.1, 0.15) is 25.7 Å². The molecule has 8 heteroatoms. The first-order valence-corrected chi connectivity index (χ1v) is 9.98. The van der Waals surface area contributed by atoms with Crippen LogP contribution in [-0.2, 0) is 11.3 Å². The molecule has 0 atom stereocenters. The predicted molar refractivity (Wildman–Crippen MR) is 108 cm³/mol. The Labute approximate surface area is 169 Å². The van der Waals surface area contributed by atoms with Crippen molar-refractivity contribution >= 4 is 21.8 Å². The average molecular weight is 443 g/mol. The second-order valence-corrected chi connectivity index (χ2v) is 7.75. The van der Waals surface area contributed by atoms with Gasteiger partial charge < -0.3 is 14.4 Å². The zero-order chi connectivity index (χ0) is 19.5. The number of hydrogen-bond acceptors (Lipinski definition) is 5. The van der Waals surface area contributed by atoms with E-state index in [1.807, 2.05) is 24.3 Å². The molecule has 0 spiro atoms. The third-order valence-corrected chi connectivity index (χ3v) is 5.34. The number of rotatable bonds is 5. The number of aromatic nitrogens is 3. The fraction of sp³-hybridized carbons (Fsp3) is 0.300. The summed E-state index contributed by atoms with van der Waals surface area (Å²) in [6.07, 6.45) is 5.87. The van der Waals surface area contributed by atoms with Gasteiger partial charge in [-0.05, 0) is 49.2 Å². The van der Waals surface area contributed by atoms with Crippen molar-refractivity contribution in [2.75, 3.05) is 0 Å². The minimum Gasteiger partial charge on any atom is -0.352 e. The maximum Gasteiger partial charge on any atom is 0.263 e. The lowest BCUT2D eigenvalue weighted by Gasteiger charge is -2.12. The van der Waals surface area contributed by atoms with Crippen LogP contribution in [0.25, 0.3) is 22.8 Å². The molecule has 0 bridgehead atoms. The van der Waals surface area contributed by atoms with E-state index >= 15 is 0 Å². The topological polar surface area (TPSA) is 90.0 Å². The highest BCUT2D eigenvalue weighted by atomic mass is 79.9. The summed E-state index contributed by atoms with van der Waals surface area (Å²) in [5.74, 6) is 0.372. The smallest absolute Gasteiger partial charge is 0.263 e. The van der Waals surface area contributed by atoms with E-state index in [2.05, 4.69) is 31.4 Å². The van der Waals surface area contributed by atoms with Crippen LogP contribution in [-0.4, -0.2) is 26.7 Å². The number of hydrogen-bond donors (Lipinski definition) is 1. The van der Waals surface area contributed by atoms with Crippen molar-refractivity contribution in [2.45, 2.75) is 38.3 Å². The molecule has 2 aromatic heterocycles. The van der Waals surface area contributed by atoms with E-state index in [-0.39, 0.29) is 35.5 Å². The number of amides is 1. The Morgan fingerprint density at radius 1 is 1.21 bits per heavy atom. The predicted octanol–water partition coefficient (Wildman–Crippen LogP) is 3.39. The highest BCUT2D eigenvalue weighted by Crippen LogP contribution is 2.22. The van der Waals surface area contributed by atoms with Crippen LogP contribution in [0.3, 0.4) is 0 Å². The molecule has 0 unspecified atom stereocenters. The van der Waals surface area contributed by atoms with Gasteiger partial charge in [-0.15, -0.1) is 0 Å². The standard InChI is InChI=1S/C20H19BrN4O3/c21-14-9-7-13(8-10-14)18-23-19(28-24-18)16-6-3-11-25(20(16)27)12-17(26)22-15-4-1-2-5-15/h3,6-11,15H,1-2,4-5,12H2,(H,22,26). The summed E-state index contributed by atoms with van der Waals surface area (Å²) in [7, 11) is 0. The average Bonchev–Trinajstić information content (AvgIpc) is 3.36. The lowest BCUT2D eigenvalue weighted by atomic mass is 10.2. The van der Waals surface area contributed by atoms with E-state index in [0.29, 0.717) is 5.82 Å². The van der Waals surface area contributed by atoms with Crippen molar-refractivity contribution in [3.8, 4) is 22.8 Å². The summed E-state index contributed by atoms with van der Waals surface area (Å²) in [6, 6.07) is 11.0. The van der Waals surface area contributed by atoms with Crippen molar-refractivity contribution in [1.29, 1.82) is 0 Å². The monoisotopic (exact) mass is 442 g/mol. The van der Waals surface area contributed by atoms with E-state index in [1.165, 1.54) is 4.57 Å². The lowest BCUT2D eigenvalue weighted by molar-refractivity contribution is -0.122. The molecule has 28 heavy (non-hydrogen) atoms. The first-order chi connectivity index (χ1) is 13.6. The van der Waals surface area contributed by atoms with E-state index < -0.39 is 0 Å². The molecule has 0 radical (unpaired) electrons. The SMILES string of the molecule is O=C(Cn1cccc(-c2nc(-c3ccc(Br)cc3)no2)c1=O)NC1CCCC1. The van der Waals surface area contributed by atoms with Gasteiger partial charge in [0.1, 0.15) is 12.1 Å². The Morgan fingerprint density at radius 3 is 2.71 bits per heavy atom. The van der Waals surface area contributed by atoms with Crippen LogP contribution in [0.5, 0.6) is 0 Å². The van der Waals surface area contributed by atoms with Gasteiger partial charge in [-0.2, -0.15) is 4.98 Å². The summed E-state index contributed by atoms with van der Waals surface area (Å²) >= 11 is 3.38. The molecule has 1 fully saturated rings. The molecule has 0 saturated heterocycles. The second-order valence-electron chi connectivity index (χ2n) is 6.83. The molecule has 1 saturated carbocycles. The van der Waals surface area contributed by atoms with Gasteiger partial charge in [0.15, 0.2) is 0 Å². The number of carbonyl (C=O) groups is 1. The molecule has 2 heterocycles. The first-order valence-electron chi connectivity index (χ1n) is 9.19. The van der Waals surface area contributed by atoms with Crippen LogP contribution < -0.4 is 10.9 Å². The summed E-state index contributed by atoms with van der Waals surface area (Å²) in [5, 5.41) is 6.95. The number of carbonyl (C=O) groups excluding carboxylic acids is 1. The number of pyridine rings is 1. The summed E-state index contributed by atoms with van der Waals surface area (Å²) in [6.45, 7) is -0.0309. The molecule has 1 aliphatic rings.